The Morgan fingerprint density at radius 2 is 0.774 bits per heavy atom. The highest BCUT2D eigenvalue weighted by Crippen LogP contribution is 2.13. The van der Waals surface area contributed by atoms with Crippen molar-refractivity contribution in [3.8, 4) is 5.75 Å². The number of nitrogens with two attached hydrogens (primary N) is 2. The van der Waals surface area contributed by atoms with E-state index in [0.717, 1.165) is 0 Å². The molecular weight excluding hydrogens is 836 g/mol. The van der Waals surface area contributed by atoms with Gasteiger partial charge in [0.15, 0.2) is 0 Å². The number of hydrogen-bond acceptors (Lipinski definition) is 15. The first-order valence-corrected chi connectivity index (χ1v) is 18.3. The smallest absolute Gasteiger partial charge is 0.326 e. The highest BCUT2D eigenvalue weighted by molar-refractivity contribution is 6.00. The largest absolute Gasteiger partial charge is 0.508 e. The van der Waals surface area contributed by atoms with Gasteiger partial charge in [-0.25, -0.2) is 4.79 Å². The number of unbranched alkanes of at least 4 members (excludes halogenated alkanes) is 1. The second-order valence-corrected chi connectivity index (χ2v) is 13.5. The molecule has 0 saturated carbocycles. The fourth-order valence-corrected chi connectivity index (χ4v) is 5.28. The number of phenolic OH excluding ortho intramolecular Hbond substituents is 1. The van der Waals surface area contributed by atoms with Crippen molar-refractivity contribution >= 4 is 71.3 Å². The summed E-state index contributed by atoms with van der Waals surface area (Å²) in [6.45, 7) is 0.185. The third-order valence-corrected chi connectivity index (χ3v) is 8.35. The molecule has 27 nitrogen and oxygen atoms in total. The van der Waals surface area contributed by atoms with E-state index in [-0.39, 0.29) is 30.7 Å². The molecule has 62 heavy (non-hydrogen) atoms. The molecule has 1 aromatic carbocycles. The first-order valence-electron chi connectivity index (χ1n) is 18.3. The van der Waals surface area contributed by atoms with E-state index in [9.17, 15) is 88.2 Å². The third-order valence-electron chi connectivity index (χ3n) is 8.35. The molecule has 0 unspecified atom stereocenters. The molecule has 0 heterocycles. The fourth-order valence-electron chi connectivity index (χ4n) is 5.28. The number of aromatic hydroxyl groups is 1. The number of benzene rings is 1. The summed E-state index contributed by atoms with van der Waals surface area (Å²) in [7, 11) is 0. The van der Waals surface area contributed by atoms with Gasteiger partial charge in [0.25, 0.3) is 0 Å². The first-order chi connectivity index (χ1) is 28.9. The summed E-state index contributed by atoms with van der Waals surface area (Å²) in [5, 5.41) is 77.8. The summed E-state index contributed by atoms with van der Waals surface area (Å²) in [4.78, 5) is 149. The van der Waals surface area contributed by atoms with Crippen molar-refractivity contribution in [2.75, 3.05) is 6.54 Å². The Morgan fingerprint density at radius 3 is 1.10 bits per heavy atom. The predicted molar refractivity (Wildman–Crippen MR) is 203 cm³/mol. The molecule has 0 fully saturated rings. The fraction of sp³-hybridized carbons (Fsp3) is 0.486. The molecule has 17 N–H and O–H groups in total. The quantitative estimate of drug-likeness (QED) is 0.0334. The van der Waals surface area contributed by atoms with Gasteiger partial charge in [-0.3, -0.25) is 52.7 Å². The van der Waals surface area contributed by atoms with E-state index in [4.69, 9.17) is 16.6 Å². The molecule has 0 aliphatic carbocycles. The van der Waals surface area contributed by atoms with Crippen LogP contribution in [0.3, 0.4) is 0 Å². The average Bonchev–Trinajstić information content (AvgIpc) is 3.15. The van der Waals surface area contributed by atoms with Crippen LogP contribution in [0.5, 0.6) is 5.75 Å². The molecule has 0 radical (unpaired) electrons. The lowest BCUT2D eigenvalue weighted by molar-refractivity contribution is -0.145. The Kier molecular flexibility index (Phi) is 22.0. The third kappa shape index (κ3) is 20.0. The topological polar surface area (TPSA) is 471 Å². The van der Waals surface area contributed by atoms with Crippen LogP contribution < -0.4 is 43.4 Å². The summed E-state index contributed by atoms with van der Waals surface area (Å²) < 4.78 is 0. The Balaban J connectivity index is 3.41. The number of carboxylic acid groups (broad SMARTS) is 6. The molecule has 27 heteroatoms. The average molecular weight is 885 g/mol. The lowest BCUT2D eigenvalue weighted by Crippen LogP contribution is -2.60. The van der Waals surface area contributed by atoms with Crippen LogP contribution in [-0.4, -0.2) is 156 Å². The number of hydrogen-bond donors (Lipinski definition) is 15. The van der Waals surface area contributed by atoms with E-state index in [1.807, 2.05) is 26.6 Å². The van der Waals surface area contributed by atoms with Crippen LogP contribution in [0, 0.1) is 0 Å². The van der Waals surface area contributed by atoms with Crippen molar-refractivity contribution in [3.63, 3.8) is 0 Å². The van der Waals surface area contributed by atoms with Gasteiger partial charge in [0.05, 0.1) is 38.1 Å². The van der Waals surface area contributed by atoms with Crippen LogP contribution in [-0.2, 0) is 64.0 Å². The van der Waals surface area contributed by atoms with Gasteiger partial charge in [0.2, 0.25) is 35.4 Å². The van der Waals surface area contributed by atoms with Gasteiger partial charge in [-0.1, -0.05) is 12.1 Å². The molecule has 7 atom stereocenters. The SMILES string of the molecule is NCCCC[C@H](NC(=O)[C@H](CC(=O)O)NC(=O)[C@H](CC(=O)O)NC(=O)[C@H](CC(=O)O)NC(=O)[C@H](CC(=O)O)NC(=O)[C@H](Cc1ccc(O)cc1)NC(=O)[C@@H](N)CC(=O)O)C(=O)O. The molecule has 0 aliphatic heterocycles. The maximum absolute atomic E-state index is 13.5. The summed E-state index contributed by atoms with van der Waals surface area (Å²) in [5.74, 6) is -18.7. The van der Waals surface area contributed by atoms with Crippen LogP contribution in [0.2, 0.25) is 0 Å². The molecule has 1 aromatic rings. The molecule has 342 valence electrons. The van der Waals surface area contributed by atoms with E-state index in [2.05, 4.69) is 5.32 Å². The Bertz CT molecular complexity index is 1840. The van der Waals surface area contributed by atoms with Crippen LogP contribution in [0.1, 0.15) is 56.9 Å². The maximum Gasteiger partial charge on any atom is 0.326 e. The second kappa shape index (κ2) is 25.9. The standard InChI is InChI=1S/C35H48N8O19/c36-8-2-1-3-18(35(61)62)38-31(57)20(11-25(47)48)41-33(59)22(13-27(51)52)43-34(60)23(14-28(53)54)42-32(58)21(12-26(49)50)40-30(56)19(9-15-4-6-16(44)7-5-15)39-29(55)17(37)10-24(45)46/h4-7,17-23,44H,1-3,8-14,36-37H2,(H,38,57)(H,39,55)(H,40,56)(H,41,59)(H,42,58)(H,43,60)(H,45,46)(H,47,48)(H,49,50)(H,51,52)(H,53,54)(H,61,62)/t17-,18-,19-,20-,21-,22-,23-/m0/s1. The normalized spacial score (nSPS) is 14.1. The molecule has 0 bridgehead atoms. The minimum Gasteiger partial charge on any atom is -0.508 e. The van der Waals surface area contributed by atoms with E-state index < -0.39 is 152 Å². The lowest BCUT2D eigenvalue weighted by atomic mass is 10.0. The summed E-state index contributed by atoms with van der Waals surface area (Å²) in [5.41, 5.74) is 11.2. The van der Waals surface area contributed by atoms with Crippen molar-refractivity contribution < 1.29 is 93.3 Å². The summed E-state index contributed by atoms with van der Waals surface area (Å²) in [6.07, 6.45) is -5.92. The number of nitrogens with one attached hydrogen (secondary N) is 6. The van der Waals surface area contributed by atoms with Crippen LogP contribution >= 0.6 is 0 Å². The molecular formula is C35H48N8O19. The van der Waals surface area contributed by atoms with Gasteiger partial charge in [0, 0.05) is 6.42 Å². The zero-order valence-corrected chi connectivity index (χ0v) is 32.6. The van der Waals surface area contributed by atoms with Gasteiger partial charge in [-0.15, -0.1) is 0 Å². The van der Waals surface area contributed by atoms with Gasteiger partial charge in [-0.05, 0) is 43.5 Å². The predicted octanol–water partition coefficient (Wildman–Crippen LogP) is -5.24. The molecule has 0 aliphatic rings. The lowest BCUT2D eigenvalue weighted by Gasteiger charge is -2.26. The van der Waals surface area contributed by atoms with Crippen molar-refractivity contribution in [2.24, 2.45) is 11.5 Å². The van der Waals surface area contributed by atoms with E-state index >= 15 is 0 Å². The zero-order valence-electron chi connectivity index (χ0n) is 32.6. The van der Waals surface area contributed by atoms with Gasteiger partial charge < -0.3 is 79.1 Å². The maximum atomic E-state index is 13.5. The Labute approximate surface area is 349 Å². The minimum absolute atomic E-state index is 0.155. The van der Waals surface area contributed by atoms with Gasteiger partial charge in [0.1, 0.15) is 42.0 Å². The molecule has 0 aromatic heterocycles. The molecule has 6 amide bonds. The molecule has 0 spiro atoms. The van der Waals surface area contributed by atoms with E-state index in [1.54, 1.807) is 0 Å². The zero-order chi connectivity index (χ0) is 47.3. The van der Waals surface area contributed by atoms with Crippen molar-refractivity contribution in [2.45, 2.75) is 100 Å². The highest BCUT2D eigenvalue weighted by Gasteiger charge is 2.36. The van der Waals surface area contributed by atoms with Crippen molar-refractivity contribution in [1.29, 1.82) is 0 Å². The summed E-state index contributed by atoms with van der Waals surface area (Å²) in [6, 6.07) is -8.64. The first kappa shape index (κ1) is 52.6. The van der Waals surface area contributed by atoms with E-state index in [1.165, 1.54) is 24.3 Å². The highest BCUT2D eigenvalue weighted by atomic mass is 16.4. The number of phenols is 1. The van der Waals surface area contributed by atoms with E-state index in [0.29, 0.717) is 6.42 Å². The molecule has 1 rings (SSSR count). The van der Waals surface area contributed by atoms with Gasteiger partial charge in [-0.2, -0.15) is 0 Å². The Hall–Kier alpha value is -7.42. The van der Waals surface area contributed by atoms with Crippen LogP contribution in [0.25, 0.3) is 0 Å². The van der Waals surface area contributed by atoms with Crippen molar-refractivity contribution in [3.05, 3.63) is 29.8 Å². The monoisotopic (exact) mass is 884 g/mol. The number of amides is 6. The van der Waals surface area contributed by atoms with Crippen LogP contribution in [0.15, 0.2) is 24.3 Å². The second-order valence-electron chi connectivity index (χ2n) is 13.5. The Morgan fingerprint density at radius 1 is 0.452 bits per heavy atom. The number of aliphatic carboxylic acids is 6. The summed E-state index contributed by atoms with van der Waals surface area (Å²) >= 11 is 0. The van der Waals surface area contributed by atoms with Crippen LogP contribution in [0.4, 0.5) is 0 Å². The number of rotatable bonds is 29. The number of carbonyl (C=O) groups is 12. The number of carbonyl (C=O) groups excluding carboxylic acids is 6. The van der Waals surface area contributed by atoms with Crippen molar-refractivity contribution in [1.82, 2.24) is 31.9 Å². The minimum atomic E-state index is -2.26. The number of carboxylic acids is 6. The van der Waals surface area contributed by atoms with Gasteiger partial charge >= 0.3 is 35.8 Å². The molecule has 0 saturated heterocycles.